The number of hydrogen-bond donors (Lipinski definition) is 1. The average Bonchev–Trinajstić information content (AvgIpc) is 2.68. The molecule has 0 aliphatic rings. The molecule has 1 heterocycles. The Labute approximate surface area is 111 Å². The van der Waals surface area contributed by atoms with Crippen molar-refractivity contribution in [1.29, 1.82) is 5.26 Å². The van der Waals surface area contributed by atoms with Gasteiger partial charge in [0, 0.05) is 6.54 Å². The molecule has 19 heavy (non-hydrogen) atoms. The summed E-state index contributed by atoms with van der Waals surface area (Å²) in [5.41, 5.74) is 0.740. The van der Waals surface area contributed by atoms with Gasteiger partial charge in [0.1, 0.15) is 5.82 Å². The van der Waals surface area contributed by atoms with Gasteiger partial charge in [-0.2, -0.15) is 5.26 Å². The van der Waals surface area contributed by atoms with Crippen molar-refractivity contribution in [3.63, 3.8) is 0 Å². The summed E-state index contributed by atoms with van der Waals surface area (Å²) in [4.78, 5) is 15.6. The van der Waals surface area contributed by atoms with E-state index in [1.54, 1.807) is 13.8 Å². The fourth-order valence-corrected chi connectivity index (χ4v) is 1.97. The number of nitriles is 1. The van der Waals surface area contributed by atoms with Crippen molar-refractivity contribution >= 4 is 17.0 Å². The molecular weight excluding hydrogens is 242 g/mol. The first-order valence-electron chi connectivity index (χ1n) is 6.00. The molecule has 0 aliphatic carbocycles. The fourth-order valence-electron chi connectivity index (χ4n) is 1.97. The summed E-state index contributed by atoms with van der Waals surface area (Å²) in [6, 6.07) is 9.57. The smallest absolute Gasteiger partial charge is 0.310 e. The topological polar surface area (TPSA) is 78.9 Å². The molecule has 98 valence electrons. The van der Waals surface area contributed by atoms with Crippen LogP contribution >= 0.6 is 0 Å². The van der Waals surface area contributed by atoms with Crippen molar-refractivity contribution < 1.29 is 9.90 Å². The number of rotatable bonds is 4. The lowest BCUT2D eigenvalue weighted by atomic mass is 9.93. The Hall–Kier alpha value is -2.35. The largest absolute Gasteiger partial charge is 0.481 e. The highest BCUT2D eigenvalue weighted by atomic mass is 16.4. The third-order valence-electron chi connectivity index (χ3n) is 3.10. The molecule has 0 radical (unpaired) electrons. The van der Waals surface area contributed by atoms with Gasteiger partial charge in [-0.3, -0.25) is 4.79 Å². The zero-order chi connectivity index (χ0) is 14.0. The van der Waals surface area contributed by atoms with Gasteiger partial charge in [-0.05, 0) is 26.0 Å². The van der Waals surface area contributed by atoms with E-state index in [0.29, 0.717) is 12.4 Å². The number of carboxylic acids is 1. The number of benzene rings is 1. The van der Waals surface area contributed by atoms with E-state index in [9.17, 15) is 9.90 Å². The van der Waals surface area contributed by atoms with Crippen LogP contribution < -0.4 is 0 Å². The maximum atomic E-state index is 11.3. The SMILES string of the molecule is CC(C)(Cn1c(CC#N)nc2ccccc21)C(=O)O. The molecule has 1 N–H and O–H groups in total. The van der Waals surface area contributed by atoms with Gasteiger partial charge < -0.3 is 9.67 Å². The summed E-state index contributed by atoms with van der Waals surface area (Å²) in [6.07, 6.45) is 0.171. The number of carbonyl (C=O) groups is 1. The van der Waals surface area contributed by atoms with Gasteiger partial charge in [-0.1, -0.05) is 12.1 Å². The van der Waals surface area contributed by atoms with Crippen LogP contribution in [0.2, 0.25) is 0 Å². The number of aromatic nitrogens is 2. The quantitative estimate of drug-likeness (QED) is 0.910. The number of imidazole rings is 1. The van der Waals surface area contributed by atoms with E-state index in [1.807, 2.05) is 28.8 Å². The Morgan fingerprint density at radius 1 is 1.47 bits per heavy atom. The monoisotopic (exact) mass is 257 g/mol. The Morgan fingerprint density at radius 2 is 2.16 bits per heavy atom. The summed E-state index contributed by atoms with van der Waals surface area (Å²) < 4.78 is 1.83. The number of nitrogens with zero attached hydrogens (tertiary/aromatic N) is 3. The van der Waals surface area contributed by atoms with Crippen molar-refractivity contribution in [3.8, 4) is 6.07 Å². The molecule has 0 spiro atoms. The van der Waals surface area contributed by atoms with Gasteiger partial charge in [0.15, 0.2) is 0 Å². The molecule has 0 unspecified atom stereocenters. The second kappa shape index (κ2) is 4.73. The molecule has 2 rings (SSSR count). The second-order valence-electron chi connectivity index (χ2n) is 5.13. The van der Waals surface area contributed by atoms with E-state index in [-0.39, 0.29) is 6.42 Å². The first kappa shape index (κ1) is 13.1. The van der Waals surface area contributed by atoms with Crippen LogP contribution in [0, 0.1) is 16.7 Å². The van der Waals surface area contributed by atoms with Crippen molar-refractivity contribution in [2.75, 3.05) is 0 Å². The highest BCUT2D eigenvalue weighted by molar-refractivity contribution is 5.77. The molecule has 0 saturated carbocycles. The lowest BCUT2D eigenvalue weighted by Gasteiger charge is -2.21. The molecule has 0 fully saturated rings. The van der Waals surface area contributed by atoms with Crippen LogP contribution in [0.4, 0.5) is 0 Å². The molecule has 5 nitrogen and oxygen atoms in total. The molecule has 0 amide bonds. The summed E-state index contributed by atoms with van der Waals surface area (Å²) in [6.45, 7) is 3.63. The minimum Gasteiger partial charge on any atom is -0.481 e. The third-order valence-corrected chi connectivity index (χ3v) is 3.10. The predicted molar refractivity (Wildman–Crippen MR) is 70.5 cm³/mol. The fraction of sp³-hybridized carbons (Fsp3) is 0.357. The van der Waals surface area contributed by atoms with Crippen molar-refractivity contribution in [3.05, 3.63) is 30.1 Å². The molecule has 0 atom stereocenters. The Bertz CT molecular complexity index is 665. The number of aliphatic carboxylic acids is 1. The molecule has 1 aromatic heterocycles. The summed E-state index contributed by atoms with van der Waals surface area (Å²) in [5.74, 6) is -0.258. The number of para-hydroxylation sites is 2. The van der Waals surface area contributed by atoms with Gasteiger partial charge in [-0.15, -0.1) is 0 Å². The highest BCUT2D eigenvalue weighted by Gasteiger charge is 2.29. The zero-order valence-corrected chi connectivity index (χ0v) is 10.9. The van der Waals surface area contributed by atoms with Crippen LogP contribution in [-0.2, 0) is 17.8 Å². The van der Waals surface area contributed by atoms with Crippen LogP contribution in [0.1, 0.15) is 19.7 Å². The Morgan fingerprint density at radius 3 is 2.79 bits per heavy atom. The zero-order valence-electron chi connectivity index (χ0n) is 10.9. The van der Waals surface area contributed by atoms with E-state index >= 15 is 0 Å². The van der Waals surface area contributed by atoms with Crippen LogP contribution in [0.15, 0.2) is 24.3 Å². The number of hydrogen-bond acceptors (Lipinski definition) is 3. The number of fused-ring (bicyclic) bond motifs is 1. The van der Waals surface area contributed by atoms with E-state index in [1.165, 1.54) is 0 Å². The first-order valence-corrected chi connectivity index (χ1v) is 6.00. The van der Waals surface area contributed by atoms with Crippen molar-refractivity contribution in [1.82, 2.24) is 9.55 Å². The highest BCUT2D eigenvalue weighted by Crippen LogP contribution is 2.24. The van der Waals surface area contributed by atoms with Gasteiger partial charge in [0.2, 0.25) is 0 Å². The molecular formula is C14H15N3O2. The van der Waals surface area contributed by atoms with Gasteiger partial charge in [0.25, 0.3) is 0 Å². The van der Waals surface area contributed by atoms with Crippen LogP contribution in [0.5, 0.6) is 0 Å². The maximum Gasteiger partial charge on any atom is 0.310 e. The van der Waals surface area contributed by atoms with Gasteiger partial charge in [0.05, 0.1) is 28.9 Å². The lowest BCUT2D eigenvalue weighted by molar-refractivity contribution is -0.147. The van der Waals surface area contributed by atoms with E-state index < -0.39 is 11.4 Å². The average molecular weight is 257 g/mol. The molecule has 2 aromatic rings. The first-order chi connectivity index (χ1) is 8.95. The normalized spacial score (nSPS) is 11.4. The summed E-state index contributed by atoms with van der Waals surface area (Å²) >= 11 is 0. The molecule has 5 heteroatoms. The second-order valence-corrected chi connectivity index (χ2v) is 5.13. The summed E-state index contributed by atoms with van der Waals surface area (Å²) in [5, 5.41) is 18.1. The third kappa shape index (κ3) is 2.43. The van der Waals surface area contributed by atoms with Gasteiger partial charge >= 0.3 is 5.97 Å². The molecule has 0 saturated heterocycles. The van der Waals surface area contributed by atoms with Crippen LogP contribution in [-0.4, -0.2) is 20.6 Å². The minimum absolute atomic E-state index is 0.171. The van der Waals surface area contributed by atoms with E-state index in [4.69, 9.17) is 5.26 Å². The van der Waals surface area contributed by atoms with Crippen LogP contribution in [0.25, 0.3) is 11.0 Å². The van der Waals surface area contributed by atoms with E-state index in [0.717, 1.165) is 11.0 Å². The summed E-state index contributed by atoms with van der Waals surface area (Å²) in [7, 11) is 0. The Kier molecular flexibility index (Phi) is 3.26. The van der Waals surface area contributed by atoms with Gasteiger partial charge in [-0.25, -0.2) is 4.98 Å². The molecule has 1 aromatic carbocycles. The maximum absolute atomic E-state index is 11.3. The lowest BCUT2D eigenvalue weighted by Crippen LogP contribution is -2.29. The number of carboxylic acid groups (broad SMARTS) is 1. The van der Waals surface area contributed by atoms with Crippen LogP contribution in [0.3, 0.4) is 0 Å². The Balaban J connectivity index is 2.54. The molecule has 0 aliphatic heterocycles. The minimum atomic E-state index is -0.909. The predicted octanol–water partition coefficient (Wildman–Crippen LogP) is 2.21. The van der Waals surface area contributed by atoms with Crippen molar-refractivity contribution in [2.24, 2.45) is 5.41 Å². The van der Waals surface area contributed by atoms with E-state index in [2.05, 4.69) is 11.1 Å². The molecule has 0 bridgehead atoms. The standard InChI is InChI=1S/C14H15N3O2/c1-14(2,13(18)19)9-17-11-6-4-3-5-10(11)16-12(17)7-8-15/h3-6H,7,9H2,1-2H3,(H,18,19). The van der Waals surface area contributed by atoms with Crippen molar-refractivity contribution in [2.45, 2.75) is 26.8 Å².